The van der Waals surface area contributed by atoms with Gasteiger partial charge >= 0.3 is 0 Å². The fraction of sp³-hybridized carbons (Fsp3) is 0.222. The predicted molar refractivity (Wildman–Crippen MR) is 92.8 cm³/mol. The number of rotatable bonds is 6. The van der Waals surface area contributed by atoms with Gasteiger partial charge < -0.3 is 14.5 Å². The summed E-state index contributed by atoms with van der Waals surface area (Å²) in [4.78, 5) is 16.7. The zero-order chi connectivity index (χ0) is 16.9. The first-order valence-electron chi connectivity index (χ1n) is 7.59. The maximum Gasteiger partial charge on any atom is 0.217 e. The minimum Gasteiger partial charge on any atom is -0.486 e. The van der Waals surface area contributed by atoms with Gasteiger partial charge in [0.15, 0.2) is 5.76 Å². The second kappa shape index (κ2) is 7.31. The van der Waals surface area contributed by atoms with Crippen LogP contribution in [0.25, 0.3) is 11.5 Å². The third kappa shape index (κ3) is 4.02. The fourth-order valence-electron chi connectivity index (χ4n) is 2.22. The highest BCUT2D eigenvalue weighted by Gasteiger charge is 2.14. The summed E-state index contributed by atoms with van der Waals surface area (Å²) in [6, 6.07) is 13.4. The summed E-state index contributed by atoms with van der Waals surface area (Å²) < 4.78 is 11.5. The highest BCUT2D eigenvalue weighted by molar-refractivity contribution is 7.12. The van der Waals surface area contributed by atoms with Gasteiger partial charge in [0.25, 0.3) is 0 Å². The number of benzene rings is 1. The molecule has 0 aliphatic heterocycles. The number of carbonyl (C=O) groups is 1. The molecule has 0 aliphatic carbocycles. The molecule has 0 saturated carbocycles. The summed E-state index contributed by atoms with van der Waals surface area (Å²) in [5, 5.41) is 3.61. The van der Waals surface area contributed by atoms with E-state index in [1.807, 2.05) is 49.4 Å². The molecule has 6 heteroatoms. The van der Waals surface area contributed by atoms with Crippen molar-refractivity contribution in [2.24, 2.45) is 0 Å². The number of amides is 1. The van der Waals surface area contributed by atoms with Crippen LogP contribution in [0.15, 0.2) is 46.9 Å². The molecule has 0 saturated heterocycles. The van der Waals surface area contributed by atoms with Crippen molar-refractivity contribution in [2.45, 2.75) is 27.0 Å². The van der Waals surface area contributed by atoms with Gasteiger partial charge in [-0.1, -0.05) is 18.2 Å². The van der Waals surface area contributed by atoms with Crippen LogP contribution in [0.4, 0.5) is 0 Å². The first kappa shape index (κ1) is 16.3. The zero-order valence-electron chi connectivity index (χ0n) is 13.5. The SMILES string of the molecule is CC(=O)NCc1ccc(-c2nc(COc3ccccc3)sc2C)o1. The summed E-state index contributed by atoms with van der Waals surface area (Å²) in [6.07, 6.45) is 0. The van der Waals surface area contributed by atoms with Crippen molar-refractivity contribution in [3.63, 3.8) is 0 Å². The van der Waals surface area contributed by atoms with Gasteiger partial charge in [0.05, 0.1) is 6.54 Å². The van der Waals surface area contributed by atoms with Gasteiger partial charge in [0, 0.05) is 11.8 Å². The summed E-state index contributed by atoms with van der Waals surface area (Å²) in [5.41, 5.74) is 0.820. The normalized spacial score (nSPS) is 10.6. The van der Waals surface area contributed by atoms with Gasteiger partial charge in [-0.15, -0.1) is 11.3 Å². The Hall–Kier alpha value is -2.60. The Bertz CT molecular complexity index is 824. The molecule has 0 fully saturated rings. The lowest BCUT2D eigenvalue weighted by molar-refractivity contribution is -0.119. The zero-order valence-corrected chi connectivity index (χ0v) is 14.4. The van der Waals surface area contributed by atoms with Crippen LogP contribution in [0, 0.1) is 6.92 Å². The van der Waals surface area contributed by atoms with Gasteiger partial charge in [0.1, 0.15) is 28.8 Å². The molecular weight excluding hydrogens is 324 g/mol. The molecule has 0 atom stereocenters. The lowest BCUT2D eigenvalue weighted by atomic mass is 10.3. The topological polar surface area (TPSA) is 64.4 Å². The molecule has 1 aromatic carbocycles. The van der Waals surface area contributed by atoms with Gasteiger partial charge in [-0.25, -0.2) is 4.98 Å². The highest BCUT2D eigenvalue weighted by Crippen LogP contribution is 2.29. The molecule has 0 bridgehead atoms. The minimum atomic E-state index is -0.0851. The third-order valence-electron chi connectivity index (χ3n) is 3.35. The van der Waals surface area contributed by atoms with E-state index >= 15 is 0 Å². The van der Waals surface area contributed by atoms with Crippen LogP contribution in [0.2, 0.25) is 0 Å². The lowest BCUT2D eigenvalue weighted by Gasteiger charge is -2.02. The van der Waals surface area contributed by atoms with E-state index < -0.39 is 0 Å². The van der Waals surface area contributed by atoms with E-state index in [-0.39, 0.29) is 5.91 Å². The smallest absolute Gasteiger partial charge is 0.217 e. The van der Waals surface area contributed by atoms with Crippen LogP contribution < -0.4 is 10.1 Å². The van der Waals surface area contributed by atoms with Crippen LogP contribution in [0.5, 0.6) is 5.75 Å². The molecular formula is C18H18N2O3S. The molecule has 2 aromatic heterocycles. The number of aryl methyl sites for hydroxylation is 1. The van der Waals surface area contributed by atoms with Crippen molar-refractivity contribution < 1.29 is 13.9 Å². The maximum absolute atomic E-state index is 11.0. The number of hydrogen-bond donors (Lipinski definition) is 1. The first-order valence-corrected chi connectivity index (χ1v) is 8.41. The quantitative estimate of drug-likeness (QED) is 0.737. The largest absolute Gasteiger partial charge is 0.486 e. The Morgan fingerprint density at radius 1 is 1.25 bits per heavy atom. The molecule has 3 aromatic rings. The molecule has 2 heterocycles. The number of carbonyl (C=O) groups excluding carboxylic acids is 1. The lowest BCUT2D eigenvalue weighted by Crippen LogP contribution is -2.18. The molecule has 124 valence electrons. The second-order valence-corrected chi connectivity index (χ2v) is 6.58. The van der Waals surface area contributed by atoms with Crippen LogP contribution in [-0.2, 0) is 17.9 Å². The molecule has 1 N–H and O–H groups in total. The summed E-state index contributed by atoms with van der Waals surface area (Å²) in [7, 11) is 0. The number of aromatic nitrogens is 1. The molecule has 0 unspecified atom stereocenters. The predicted octanol–water partition coefficient (Wildman–Crippen LogP) is 3.93. The summed E-state index contributed by atoms with van der Waals surface area (Å²) >= 11 is 1.59. The average Bonchev–Trinajstić information content (AvgIpc) is 3.18. The van der Waals surface area contributed by atoms with Crippen molar-refractivity contribution in [3.8, 4) is 17.2 Å². The summed E-state index contributed by atoms with van der Waals surface area (Å²) in [6.45, 7) is 4.29. The Morgan fingerprint density at radius 2 is 2.04 bits per heavy atom. The van der Waals surface area contributed by atoms with Crippen LogP contribution in [-0.4, -0.2) is 10.9 Å². The standard InChI is InChI=1S/C18H18N2O3S/c1-12-18(16-9-8-15(23-16)10-19-13(2)21)20-17(24-12)11-22-14-6-4-3-5-7-14/h3-9H,10-11H2,1-2H3,(H,19,21). The van der Waals surface area contributed by atoms with Crippen molar-refractivity contribution in [1.82, 2.24) is 10.3 Å². The van der Waals surface area contributed by atoms with E-state index in [9.17, 15) is 4.79 Å². The third-order valence-corrected chi connectivity index (χ3v) is 4.30. The van der Waals surface area contributed by atoms with Gasteiger partial charge in [-0.2, -0.15) is 0 Å². The number of thiazole rings is 1. The minimum absolute atomic E-state index is 0.0851. The maximum atomic E-state index is 11.0. The van der Waals surface area contributed by atoms with E-state index in [4.69, 9.17) is 9.15 Å². The molecule has 0 aliphatic rings. The Balaban J connectivity index is 1.68. The molecule has 0 spiro atoms. The van der Waals surface area contributed by atoms with E-state index in [0.717, 1.165) is 21.3 Å². The van der Waals surface area contributed by atoms with Crippen molar-refractivity contribution in [2.75, 3.05) is 0 Å². The number of furan rings is 1. The first-order chi connectivity index (χ1) is 11.6. The van der Waals surface area contributed by atoms with Crippen LogP contribution in [0.3, 0.4) is 0 Å². The van der Waals surface area contributed by atoms with Crippen LogP contribution in [0.1, 0.15) is 22.6 Å². The number of nitrogens with one attached hydrogen (secondary N) is 1. The van der Waals surface area contributed by atoms with E-state index in [1.54, 1.807) is 11.3 Å². The number of hydrogen-bond acceptors (Lipinski definition) is 5. The number of ether oxygens (including phenoxy) is 1. The molecule has 3 rings (SSSR count). The molecule has 1 amide bonds. The molecule has 24 heavy (non-hydrogen) atoms. The molecule has 5 nitrogen and oxygen atoms in total. The van der Waals surface area contributed by atoms with E-state index in [1.165, 1.54) is 6.92 Å². The van der Waals surface area contributed by atoms with Crippen molar-refractivity contribution in [1.29, 1.82) is 0 Å². The van der Waals surface area contributed by atoms with Crippen molar-refractivity contribution >= 4 is 17.2 Å². The Labute approximate surface area is 144 Å². The fourth-order valence-corrected chi connectivity index (χ4v) is 3.07. The molecule has 0 radical (unpaired) electrons. The average molecular weight is 342 g/mol. The van der Waals surface area contributed by atoms with E-state index in [0.29, 0.717) is 24.7 Å². The van der Waals surface area contributed by atoms with Crippen LogP contribution >= 0.6 is 11.3 Å². The second-order valence-electron chi connectivity index (χ2n) is 5.29. The van der Waals surface area contributed by atoms with E-state index in [2.05, 4.69) is 10.3 Å². The summed E-state index contributed by atoms with van der Waals surface area (Å²) in [5.74, 6) is 2.14. The Morgan fingerprint density at radius 3 is 2.79 bits per heavy atom. The van der Waals surface area contributed by atoms with Crippen molar-refractivity contribution in [3.05, 3.63) is 58.1 Å². The van der Waals surface area contributed by atoms with Gasteiger partial charge in [-0.3, -0.25) is 4.79 Å². The highest BCUT2D eigenvalue weighted by atomic mass is 32.1. The monoisotopic (exact) mass is 342 g/mol. The van der Waals surface area contributed by atoms with Gasteiger partial charge in [-0.05, 0) is 31.2 Å². The number of nitrogens with zero attached hydrogens (tertiary/aromatic N) is 1. The number of para-hydroxylation sites is 1. The van der Waals surface area contributed by atoms with Gasteiger partial charge in [0.2, 0.25) is 5.91 Å². The Kier molecular flexibility index (Phi) is 4.96.